The Labute approximate surface area is 281 Å². The summed E-state index contributed by atoms with van der Waals surface area (Å²) in [7, 11) is 0. The minimum absolute atomic E-state index is 0.0774. The van der Waals surface area contributed by atoms with Crippen LogP contribution < -0.4 is 38.1 Å². The van der Waals surface area contributed by atoms with Gasteiger partial charge in [-0.3, -0.25) is 34.1 Å². The zero-order chi connectivity index (χ0) is 35.3. The van der Waals surface area contributed by atoms with Crippen molar-refractivity contribution in [1.29, 1.82) is 0 Å². The number of nitrogens with two attached hydrogens (primary N) is 2. The number of H-pyrrole nitrogens is 4. The number of hydrogen-bond donors (Lipinski definition) is 11. The summed E-state index contributed by atoms with van der Waals surface area (Å²) in [6.45, 7) is 10.5. The highest BCUT2D eigenvalue weighted by molar-refractivity contribution is 9.12. The SMILES string of the molecule is C=C(Br)C(=O)Nc1n[nH]c(C(=O)Nc2c[nH]c(C(=O)Nc3c[nH]c(C(=O)Nc4c[nH]c(C(=O)NCCN=C(N)N)c4C)c3C)c2C)c1C. The normalized spacial score (nSPS) is 10.6. The molecule has 0 saturated carbocycles. The molecule has 0 aromatic carbocycles. The molecule has 4 aromatic rings. The van der Waals surface area contributed by atoms with Crippen molar-refractivity contribution in [2.24, 2.45) is 16.5 Å². The molecule has 48 heavy (non-hydrogen) atoms. The van der Waals surface area contributed by atoms with Gasteiger partial charge in [0.1, 0.15) is 22.8 Å². The molecule has 0 unspecified atom stereocenters. The minimum atomic E-state index is -0.544. The number of aromatic amines is 4. The summed E-state index contributed by atoms with van der Waals surface area (Å²) >= 11 is 2.99. The first-order valence-electron chi connectivity index (χ1n) is 14.2. The first-order valence-corrected chi connectivity index (χ1v) is 15.0. The van der Waals surface area contributed by atoms with E-state index in [1.165, 1.54) is 18.6 Å². The van der Waals surface area contributed by atoms with E-state index in [1.807, 2.05) is 0 Å². The fourth-order valence-corrected chi connectivity index (χ4v) is 4.60. The number of aromatic nitrogens is 5. The molecule has 19 heteroatoms. The summed E-state index contributed by atoms with van der Waals surface area (Å²) in [6, 6.07) is 0. The number of nitrogens with one attached hydrogen (secondary N) is 9. The van der Waals surface area contributed by atoms with Gasteiger partial charge in [0.25, 0.3) is 29.5 Å². The lowest BCUT2D eigenvalue weighted by Gasteiger charge is -2.07. The molecule has 0 fully saturated rings. The van der Waals surface area contributed by atoms with Crippen LogP contribution in [-0.4, -0.2) is 73.7 Å². The van der Waals surface area contributed by atoms with Gasteiger partial charge < -0.3 is 53.0 Å². The third kappa shape index (κ3) is 7.64. The Bertz CT molecular complexity index is 1960. The van der Waals surface area contributed by atoms with Gasteiger partial charge in [0.15, 0.2) is 11.8 Å². The molecule has 0 aliphatic heterocycles. The van der Waals surface area contributed by atoms with Crippen molar-refractivity contribution in [3.8, 4) is 0 Å². The predicted octanol–water partition coefficient (Wildman–Crippen LogP) is 2.23. The van der Waals surface area contributed by atoms with E-state index in [-0.39, 0.29) is 52.1 Å². The molecule has 13 N–H and O–H groups in total. The second kappa shape index (κ2) is 14.5. The largest absolute Gasteiger partial charge is 0.370 e. The van der Waals surface area contributed by atoms with Crippen molar-refractivity contribution in [2.75, 3.05) is 34.4 Å². The molecule has 0 bridgehead atoms. The molecule has 18 nitrogen and oxygen atoms in total. The maximum atomic E-state index is 13.2. The number of hydrogen-bond acceptors (Lipinski definition) is 7. The van der Waals surface area contributed by atoms with E-state index in [9.17, 15) is 24.0 Å². The second-order valence-electron chi connectivity index (χ2n) is 10.5. The number of nitrogens with zero attached hydrogens (tertiary/aromatic N) is 2. The molecular formula is C29H34BrN13O5. The molecule has 5 amide bonds. The highest BCUT2D eigenvalue weighted by Crippen LogP contribution is 2.25. The highest BCUT2D eigenvalue weighted by atomic mass is 79.9. The van der Waals surface area contributed by atoms with E-state index in [0.29, 0.717) is 39.3 Å². The average Bonchev–Trinajstić information content (AvgIpc) is 3.78. The third-order valence-corrected chi connectivity index (χ3v) is 7.61. The Morgan fingerprint density at radius 1 is 0.729 bits per heavy atom. The summed E-state index contributed by atoms with van der Waals surface area (Å²) in [5.41, 5.74) is 14.2. The fraction of sp³-hybridized carbons (Fsp3) is 0.207. The number of anilines is 4. The lowest BCUT2D eigenvalue weighted by Crippen LogP contribution is -2.29. The van der Waals surface area contributed by atoms with Crippen LogP contribution in [0.1, 0.15) is 64.2 Å². The monoisotopic (exact) mass is 723 g/mol. The number of rotatable bonds is 12. The van der Waals surface area contributed by atoms with Gasteiger partial charge in [0, 0.05) is 47.4 Å². The zero-order valence-electron chi connectivity index (χ0n) is 26.3. The van der Waals surface area contributed by atoms with Gasteiger partial charge in [-0.1, -0.05) is 6.58 Å². The van der Waals surface area contributed by atoms with E-state index in [0.717, 1.165) is 0 Å². The van der Waals surface area contributed by atoms with Gasteiger partial charge in [0.2, 0.25) is 0 Å². The molecule has 4 rings (SSSR count). The second-order valence-corrected chi connectivity index (χ2v) is 11.4. The van der Waals surface area contributed by atoms with E-state index in [4.69, 9.17) is 11.5 Å². The Kier molecular flexibility index (Phi) is 10.5. The quantitative estimate of drug-likeness (QED) is 0.0445. The van der Waals surface area contributed by atoms with E-state index >= 15 is 0 Å². The topological polar surface area (TPSA) is 286 Å². The summed E-state index contributed by atoms with van der Waals surface area (Å²) in [6.07, 6.45) is 4.44. The van der Waals surface area contributed by atoms with Crippen LogP contribution in [0.4, 0.5) is 22.9 Å². The molecule has 252 valence electrons. The van der Waals surface area contributed by atoms with Gasteiger partial charge in [0.05, 0.1) is 28.1 Å². The maximum Gasteiger partial charge on any atom is 0.274 e. The predicted molar refractivity (Wildman–Crippen MR) is 183 cm³/mol. The summed E-state index contributed by atoms with van der Waals surface area (Å²) in [5.74, 6) is -2.37. The van der Waals surface area contributed by atoms with E-state index < -0.39 is 29.5 Å². The Morgan fingerprint density at radius 3 is 1.60 bits per heavy atom. The van der Waals surface area contributed by atoms with Crippen molar-refractivity contribution in [3.05, 3.63) is 74.7 Å². The lowest BCUT2D eigenvalue weighted by molar-refractivity contribution is -0.112. The lowest BCUT2D eigenvalue weighted by atomic mass is 10.2. The van der Waals surface area contributed by atoms with Gasteiger partial charge >= 0.3 is 0 Å². The highest BCUT2D eigenvalue weighted by Gasteiger charge is 2.23. The van der Waals surface area contributed by atoms with E-state index in [2.05, 4.69) is 79.2 Å². The van der Waals surface area contributed by atoms with Crippen LogP contribution in [0.25, 0.3) is 0 Å². The molecule has 0 aliphatic carbocycles. The maximum absolute atomic E-state index is 13.2. The first-order chi connectivity index (χ1) is 22.7. The van der Waals surface area contributed by atoms with Crippen molar-refractivity contribution in [2.45, 2.75) is 27.7 Å². The summed E-state index contributed by atoms with van der Waals surface area (Å²) < 4.78 is 0.0982. The third-order valence-electron chi connectivity index (χ3n) is 7.25. The zero-order valence-corrected chi connectivity index (χ0v) is 27.9. The molecule has 0 aliphatic rings. The minimum Gasteiger partial charge on any atom is -0.370 e. The van der Waals surface area contributed by atoms with Crippen LogP contribution in [0.5, 0.6) is 0 Å². The molecule has 4 heterocycles. The van der Waals surface area contributed by atoms with Crippen LogP contribution in [0.2, 0.25) is 0 Å². The Balaban J connectivity index is 1.38. The first kappa shape index (κ1) is 34.8. The Morgan fingerprint density at radius 2 is 1.17 bits per heavy atom. The molecule has 0 atom stereocenters. The number of halogens is 1. The van der Waals surface area contributed by atoms with Crippen LogP contribution in [-0.2, 0) is 4.79 Å². The van der Waals surface area contributed by atoms with Crippen molar-refractivity contribution in [1.82, 2.24) is 30.5 Å². The molecule has 0 radical (unpaired) electrons. The average molecular weight is 725 g/mol. The smallest absolute Gasteiger partial charge is 0.274 e. The van der Waals surface area contributed by atoms with Gasteiger partial charge in [-0.2, -0.15) is 5.10 Å². The Hall–Kier alpha value is -6.11. The van der Waals surface area contributed by atoms with Gasteiger partial charge in [-0.05, 0) is 43.6 Å². The number of guanidine groups is 1. The number of aliphatic imine (C=N–C) groups is 1. The van der Waals surface area contributed by atoms with Crippen LogP contribution >= 0.6 is 15.9 Å². The van der Waals surface area contributed by atoms with Crippen LogP contribution in [0, 0.1) is 27.7 Å². The molecule has 0 spiro atoms. The van der Waals surface area contributed by atoms with Gasteiger partial charge in [-0.25, -0.2) is 0 Å². The summed E-state index contributed by atoms with van der Waals surface area (Å²) in [4.78, 5) is 76.0. The van der Waals surface area contributed by atoms with Crippen molar-refractivity contribution in [3.63, 3.8) is 0 Å². The fourth-order valence-electron chi connectivity index (χ4n) is 4.50. The van der Waals surface area contributed by atoms with Crippen LogP contribution in [0.3, 0.4) is 0 Å². The number of amides is 5. The van der Waals surface area contributed by atoms with Crippen LogP contribution in [0.15, 0.2) is 34.6 Å². The molecular weight excluding hydrogens is 690 g/mol. The van der Waals surface area contributed by atoms with Gasteiger partial charge in [-0.15, -0.1) is 0 Å². The summed E-state index contributed by atoms with van der Waals surface area (Å²) in [5, 5.41) is 20.0. The number of carbonyl (C=O) groups excluding carboxylic acids is 5. The van der Waals surface area contributed by atoms with Crippen molar-refractivity contribution < 1.29 is 24.0 Å². The standard InChI is InChI=1S/C29H34BrN13O5/c1-11-16(8-35-19(11)25(45)33-6-7-34-29(31)32)38-26(46)20-12(2)17(9-36-20)39-27(47)21-13(3)18(10-37-21)40-28(48)22-14(4)23(43-42-22)41-24(44)15(5)30/h8-10,35-37H,5-7H2,1-4H3,(H,33,45)(H,38,46)(H,39,47)(H,40,48)(H4,31,32,34)(H2,41,42,43,44). The molecule has 4 aromatic heterocycles. The van der Waals surface area contributed by atoms with Crippen molar-refractivity contribution >= 4 is 74.3 Å². The van der Waals surface area contributed by atoms with E-state index in [1.54, 1.807) is 27.7 Å². The molecule has 0 saturated heterocycles. The number of carbonyl (C=O) groups is 5.